The lowest BCUT2D eigenvalue weighted by Gasteiger charge is -2.27. The van der Waals surface area contributed by atoms with Crippen LogP contribution in [0.5, 0.6) is 23.0 Å². The Morgan fingerprint density at radius 3 is 1.35 bits per heavy atom. The van der Waals surface area contributed by atoms with Crippen molar-refractivity contribution in [1.82, 2.24) is 0 Å². The summed E-state index contributed by atoms with van der Waals surface area (Å²) in [5.74, 6) is 0.571. The minimum absolute atomic E-state index is 0.0130. The van der Waals surface area contributed by atoms with E-state index in [2.05, 4.69) is 20.8 Å². The molecule has 0 bridgehead atoms. The van der Waals surface area contributed by atoms with Gasteiger partial charge in [-0.2, -0.15) is 0 Å². The van der Waals surface area contributed by atoms with Crippen LogP contribution in [0, 0.1) is 11.3 Å². The van der Waals surface area contributed by atoms with Gasteiger partial charge in [0.1, 0.15) is 34.1 Å². The van der Waals surface area contributed by atoms with Gasteiger partial charge in [-0.1, -0.05) is 39.8 Å². The zero-order chi connectivity index (χ0) is 25.7. The zero-order valence-corrected chi connectivity index (χ0v) is 22.2. The number of hydrogen-bond acceptors (Lipinski definition) is 7. The van der Waals surface area contributed by atoms with Gasteiger partial charge in [0.25, 0.3) is 0 Å². The molecule has 2 aromatic carbocycles. The van der Waals surface area contributed by atoms with Crippen molar-refractivity contribution in [2.24, 2.45) is 11.3 Å². The number of benzene rings is 2. The molecule has 0 aliphatic rings. The standard InChI is InChI=1S/C26H35O7P/c1-17(15-26(2,3)4)16-34(29,24(27)22-18(30-5)11-9-12-19(22)31-6)25(28)23-20(32-7)13-10-14-21(23)33-8/h9-14,17H,15-16H2,1-8H3/t17-/m0/s1. The molecular weight excluding hydrogens is 455 g/mol. The normalized spacial score (nSPS) is 12.6. The maximum Gasteiger partial charge on any atom is 0.236 e. The first-order chi connectivity index (χ1) is 15.9. The average molecular weight is 491 g/mol. The van der Waals surface area contributed by atoms with Crippen molar-refractivity contribution in [1.29, 1.82) is 0 Å². The highest BCUT2D eigenvalue weighted by atomic mass is 31.2. The molecule has 2 rings (SSSR count). The minimum Gasteiger partial charge on any atom is -0.496 e. The summed E-state index contributed by atoms with van der Waals surface area (Å²) < 4.78 is 36.2. The maximum atomic E-state index is 14.7. The molecule has 0 aromatic heterocycles. The molecule has 0 saturated heterocycles. The molecule has 0 spiro atoms. The summed E-state index contributed by atoms with van der Waals surface area (Å²) in [6.07, 6.45) is 0.564. The van der Waals surface area contributed by atoms with Gasteiger partial charge in [0.15, 0.2) is 0 Å². The van der Waals surface area contributed by atoms with Crippen LogP contribution >= 0.6 is 7.14 Å². The molecule has 0 fully saturated rings. The molecule has 186 valence electrons. The van der Waals surface area contributed by atoms with Gasteiger partial charge in [0.05, 0.1) is 28.4 Å². The van der Waals surface area contributed by atoms with Gasteiger partial charge >= 0.3 is 0 Å². The van der Waals surface area contributed by atoms with Crippen LogP contribution in [-0.4, -0.2) is 45.6 Å². The van der Waals surface area contributed by atoms with E-state index in [0.29, 0.717) is 6.42 Å². The monoisotopic (exact) mass is 490 g/mol. The maximum absolute atomic E-state index is 14.7. The summed E-state index contributed by atoms with van der Waals surface area (Å²) in [4.78, 5) is 28.0. The predicted molar refractivity (Wildman–Crippen MR) is 133 cm³/mol. The number of rotatable bonds is 11. The van der Waals surface area contributed by atoms with Crippen molar-refractivity contribution in [2.45, 2.75) is 34.1 Å². The summed E-state index contributed by atoms with van der Waals surface area (Å²) >= 11 is 0. The summed E-state index contributed by atoms with van der Waals surface area (Å²) in [6.45, 7) is 8.08. The lowest BCUT2D eigenvalue weighted by molar-refractivity contribution is 0.103. The number of ether oxygens (including phenoxy) is 4. The molecule has 1 atom stereocenters. The molecule has 0 saturated carbocycles. The van der Waals surface area contributed by atoms with Crippen LogP contribution in [-0.2, 0) is 4.57 Å². The fourth-order valence-electron chi connectivity index (χ4n) is 4.29. The van der Waals surface area contributed by atoms with Crippen molar-refractivity contribution in [3.05, 3.63) is 47.5 Å². The first-order valence-electron chi connectivity index (χ1n) is 11.0. The molecule has 34 heavy (non-hydrogen) atoms. The average Bonchev–Trinajstić information content (AvgIpc) is 2.80. The van der Waals surface area contributed by atoms with Crippen molar-refractivity contribution < 1.29 is 33.1 Å². The van der Waals surface area contributed by atoms with Gasteiger partial charge in [-0.05, 0) is 42.0 Å². The number of hydrogen-bond donors (Lipinski definition) is 0. The predicted octanol–water partition coefficient (Wildman–Crippen LogP) is 6.14. The van der Waals surface area contributed by atoms with Gasteiger partial charge in [-0.15, -0.1) is 0 Å². The lowest BCUT2D eigenvalue weighted by Crippen LogP contribution is -2.21. The molecule has 8 heteroatoms. The van der Waals surface area contributed by atoms with Crippen LogP contribution < -0.4 is 18.9 Å². The van der Waals surface area contributed by atoms with Crippen LogP contribution in [0.3, 0.4) is 0 Å². The van der Waals surface area contributed by atoms with E-state index in [0.717, 1.165) is 0 Å². The highest BCUT2D eigenvalue weighted by molar-refractivity contribution is 7.95. The van der Waals surface area contributed by atoms with E-state index in [1.54, 1.807) is 36.4 Å². The summed E-state index contributed by atoms with van der Waals surface area (Å²) in [5.41, 5.74) is -1.72. The van der Waals surface area contributed by atoms with Gasteiger partial charge in [-0.3, -0.25) is 9.59 Å². The molecule has 0 heterocycles. The van der Waals surface area contributed by atoms with Crippen molar-refractivity contribution in [2.75, 3.05) is 34.6 Å². The van der Waals surface area contributed by atoms with Crippen LogP contribution in [0.25, 0.3) is 0 Å². The Bertz CT molecular complexity index is 969. The Kier molecular flexibility index (Phi) is 8.96. The molecular formula is C26H35O7P. The van der Waals surface area contributed by atoms with Crippen molar-refractivity contribution in [3.8, 4) is 23.0 Å². The summed E-state index contributed by atoms with van der Waals surface area (Å²) in [7, 11) is 1.38. The molecule has 0 aliphatic heterocycles. The molecule has 0 aliphatic carbocycles. The highest BCUT2D eigenvalue weighted by Crippen LogP contribution is 2.58. The Balaban J connectivity index is 2.77. The van der Waals surface area contributed by atoms with E-state index in [1.165, 1.54) is 28.4 Å². The van der Waals surface area contributed by atoms with E-state index in [9.17, 15) is 14.2 Å². The zero-order valence-electron chi connectivity index (χ0n) is 21.3. The third-order valence-corrected chi connectivity index (χ3v) is 8.37. The topological polar surface area (TPSA) is 88.1 Å². The molecule has 0 radical (unpaired) electrons. The first-order valence-corrected chi connectivity index (χ1v) is 12.9. The van der Waals surface area contributed by atoms with E-state index >= 15 is 0 Å². The molecule has 0 amide bonds. The van der Waals surface area contributed by atoms with E-state index in [1.807, 2.05) is 6.92 Å². The minimum atomic E-state index is -4.25. The van der Waals surface area contributed by atoms with Crippen LogP contribution in [0.4, 0.5) is 0 Å². The van der Waals surface area contributed by atoms with Gasteiger partial charge in [0, 0.05) is 6.16 Å². The van der Waals surface area contributed by atoms with Crippen LogP contribution in [0.2, 0.25) is 0 Å². The van der Waals surface area contributed by atoms with Crippen molar-refractivity contribution in [3.63, 3.8) is 0 Å². The second-order valence-electron chi connectivity index (χ2n) is 9.48. The smallest absolute Gasteiger partial charge is 0.236 e. The van der Waals surface area contributed by atoms with E-state index in [-0.39, 0.29) is 51.6 Å². The Morgan fingerprint density at radius 1 is 0.765 bits per heavy atom. The Hall–Kier alpha value is -2.79. The number of carbonyl (C=O) groups is 2. The first kappa shape index (κ1) is 27.5. The second kappa shape index (κ2) is 11.1. The Morgan fingerprint density at radius 2 is 1.09 bits per heavy atom. The summed E-state index contributed by atoms with van der Waals surface area (Å²) in [5, 5.41) is 0. The highest BCUT2D eigenvalue weighted by Gasteiger charge is 2.46. The molecule has 0 unspecified atom stereocenters. The molecule has 2 aromatic rings. The fraction of sp³-hybridized carbons (Fsp3) is 0.462. The number of methoxy groups -OCH3 is 4. The summed E-state index contributed by atoms with van der Waals surface area (Å²) in [6, 6.07) is 9.62. The quantitative estimate of drug-likeness (QED) is 0.350. The largest absolute Gasteiger partial charge is 0.496 e. The number of carbonyl (C=O) groups excluding carboxylic acids is 2. The van der Waals surface area contributed by atoms with E-state index < -0.39 is 18.2 Å². The third kappa shape index (κ3) is 5.82. The van der Waals surface area contributed by atoms with Crippen molar-refractivity contribution >= 4 is 18.2 Å². The van der Waals surface area contributed by atoms with Crippen LogP contribution in [0.1, 0.15) is 54.8 Å². The second-order valence-corrected chi connectivity index (χ2v) is 12.1. The molecule has 0 N–H and O–H groups in total. The fourth-order valence-corrected chi connectivity index (χ4v) is 6.98. The van der Waals surface area contributed by atoms with E-state index in [4.69, 9.17) is 18.9 Å². The lowest BCUT2D eigenvalue weighted by atomic mass is 9.86. The SMILES string of the molecule is COc1cccc(OC)c1C(=O)P(=O)(C[C@@H](C)CC(C)(C)C)C(=O)c1c(OC)cccc1OC. The van der Waals surface area contributed by atoms with Gasteiger partial charge < -0.3 is 23.5 Å². The molecule has 7 nitrogen and oxygen atoms in total. The van der Waals surface area contributed by atoms with Crippen LogP contribution in [0.15, 0.2) is 36.4 Å². The van der Waals surface area contributed by atoms with Gasteiger partial charge in [-0.25, -0.2) is 0 Å². The Labute approximate surface area is 202 Å². The third-order valence-electron chi connectivity index (χ3n) is 5.47. The van der Waals surface area contributed by atoms with Gasteiger partial charge in [0.2, 0.25) is 18.2 Å².